The number of rotatable bonds is 8. The van der Waals surface area contributed by atoms with Crippen LogP contribution < -0.4 is 9.47 Å². The summed E-state index contributed by atoms with van der Waals surface area (Å²) in [5, 5.41) is 0. The molecule has 4 aromatic rings. The van der Waals surface area contributed by atoms with Gasteiger partial charge in [-0.1, -0.05) is 44.2 Å². The quantitative estimate of drug-likeness (QED) is 0.281. The van der Waals surface area contributed by atoms with E-state index in [0.29, 0.717) is 36.4 Å². The molecule has 166 valence electrons. The highest BCUT2D eigenvalue weighted by Gasteiger charge is 2.22. The van der Waals surface area contributed by atoms with Crippen molar-refractivity contribution in [2.45, 2.75) is 26.3 Å². The van der Waals surface area contributed by atoms with Gasteiger partial charge in [-0.3, -0.25) is 0 Å². The van der Waals surface area contributed by atoms with Crippen molar-refractivity contribution in [1.29, 1.82) is 0 Å². The second kappa shape index (κ2) is 9.71. The van der Waals surface area contributed by atoms with Crippen LogP contribution in [0, 0.1) is 0 Å². The van der Waals surface area contributed by atoms with Crippen molar-refractivity contribution in [3.8, 4) is 28.8 Å². The fourth-order valence-corrected chi connectivity index (χ4v) is 4.08. The molecule has 0 saturated heterocycles. The zero-order chi connectivity index (χ0) is 22.7. The molecule has 7 heteroatoms. The van der Waals surface area contributed by atoms with Gasteiger partial charge in [-0.2, -0.15) is 0 Å². The van der Waals surface area contributed by atoms with Crippen LogP contribution in [0.15, 0.2) is 59.2 Å². The van der Waals surface area contributed by atoms with E-state index in [-0.39, 0.29) is 0 Å². The van der Waals surface area contributed by atoms with Gasteiger partial charge < -0.3 is 18.8 Å². The third-order valence-corrected chi connectivity index (χ3v) is 6.08. The number of nitrogens with zero attached hydrogens (tertiary/aromatic N) is 3. The summed E-state index contributed by atoms with van der Waals surface area (Å²) in [6, 6.07) is 15.9. The van der Waals surface area contributed by atoms with E-state index in [1.54, 1.807) is 20.4 Å². The van der Waals surface area contributed by atoms with Crippen LogP contribution in [-0.2, 0) is 11.3 Å². The average Bonchev–Trinajstić information content (AvgIpc) is 3.20. The van der Waals surface area contributed by atoms with Crippen LogP contribution in [0.4, 0.5) is 0 Å². The van der Waals surface area contributed by atoms with E-state index in [0.717, 1.165) is 26.9 Å². The van der Waals surface area contributed by atoms with E-state index in [9.17, 15) is 0 Å². The lowest BCUT2D eigenvalue weighted by Gasteiger charge is -2.13. The lowest BCUT2D eigenvalue weighted by Crippen LogP contribution is -2.07. The van der Waals surface area contributed by atoms with E-state index >= 15 is 0 Å². The van der Waals surface area contributed by atoms with Gasteiger partial charge in [-0.15, -0.1) is 0 Å². The zero-order valence-corrected chi connectivity index (χ0v) is 20.2. The van der Waals surface area contributed by atoms with Gasteiger partial charge in [-0.05, 0) is 33.5 Å². The minimum atomic E-state index is 0.469. The molecule has 4 rings (SSSR count). The summed E-state index contributed by atoms with van der Waals surface area (Å²) in [6.07, 6.45) is 1.69. The second-order valence-corrected chi connectivity index (χ2v) is 8.51. The SMILES string of the molecule is COCCn1c(-c2ccc(C(C)C)cc2)nc2c(Br)c(Oc3ccccn3)cc(OC)c21. The first-order chi connectivity index (χ1) is 15.5. The molecule has 0 amide bonds. The summed E-state index contributed by atoms with van der Waals surface area (Å²) >= 11 is 3.71. The van der Waals surface area contributed by atoms with Gasteiger partial charge in [0.15, 0.2) is 0 Å². The van der Waals surface area contributed by atoms with Crippen molar-refractivity contribution in [3.05, 3.63) is 64.8 Å². The van der Waals surface area contributed by atoms with Crippen LogP contribution in [0.1, 0.15) is 25.3 Å². The Bertz CT molecular complexity index is 1210. The standard InChI is InChI=1S/C25H26BrN3O3/c1-16(2)17-8-10-18(11-9-17)25-28-23-22(26)19(32-21-7-5-6-12-27-21)15-20(31-4)24(23)29(25)13-14-30-3/h5-12,15-16H,13-14H2,1-4H3. The van der Waals surface area contributed by atoms with E-state index < -0.39 is 0 Å². The van der Waals surface area contributed by atoms with Crippen LogP contribution in [0.5, 0.6) is 17.4 Å². The van der Waals surface area contributed by atoms with Gasteiger partial charge >= 0.3 is 0 Å². The molecule has 0 unspecified atom stereocenters. The molecular formula is C25H26BrN3O3. The Morgan fingerprint density at radius 1 is 1.03 bits per heavy atom. The van der Waals surface area contributed by atoms with E-state index in [1.807, 2.05) is 24.3 Å². The normalized spacial score (nSPS) is 11.3. The molecule has 0 radical (unpaired) electrons. The highest BCUT2D eigenvalue weighted by atomic mass is 79.9. The molecule has 32 heavy (non-hydrogen) atoms. The number of hydrogen-bond acceptors (Lipinski definition) is 5. The first-order valence-corrected chi connectivity index (χ1v) is 11.3. The molecule has 0 saturated carbocycles. The molecule has 6 nitrogen and oxygen atoms in total. The average molecular weight is 496 g/mol. The number of imidazole rings is 1. The van der Waals surface area contributed by atoms with Crippen molar-refractivity contribution in [2.24, 2.45) is 0 Å². The highest BCUT2D eigenvalue weighted by molar-refractivity contribution is 9.10. The molecule has 0 N–H and O–H groups in total. The van der Waals surface area contributed by atoms with Gasteiger partial charge in [0.05, 0.1) is 18.2 Å². The van der Waals surface area contributed by atoms with Crippen molar-refractivity contribution in [1.82, 2.24) is 14.5 Å². The Labute approximate surface area is 196 Å². The van der Waals surface area contributed by atoms with Crippen LogP contribution in [-0.4, -0.2) is 35.4 Å². The molecule has 0 fully saturated rings. The number of halogens is 1. The molecule has 0 atom stereocenters. The van der Waals surface area contributed by atoms with Crippen LogP contribution in [0.25, 0.3) is 22.4 Å². The summed E-state index contributed by atoms with van der Waals surface area (Å²) in [4.78, 5) is 9.26. The van der Waals surface area contributed by atoms with Gasteiger partial charge in [0.25, 0.3) is 0 Å². The summed E-state index contributed by atoms with van der Waals surface area (Å²) < 4.78 is 20.0. The maximum absolute atomic E-state index is 6.03. The molecule has 0 bridgehead atoms. The first kappa shape index (κ1) is 22.3. The molecule has 2 aromatic heterocycles. The molecule has 0 aliphatic carbocycles. The molecule has 0 aliphatic heterocycles. The minimum absolute atomic E-state index is 0.469. The highest BCUT2D eigenvalue weighted by Crippen LogP contribution is 2.42. The number of benzene rings is 2. The number of ether oxygens (including phenoxy) is 3. The van der Waals surface area contributed by atoms with Crippen LogP contribution in [0.2, 0.25) is 0 Å². The van der Waals surface area contributed by atoms with Crippen molar-refractivity contribution in [3.63, 3.8) is 0 Å². The number of fused-ring (bicyclic) bond motifs is 1. The van der Waals surface area contributed by atoms with Crippen molar-refractivity contribution >= 4 is 27.0 Å². The Kier molecular flexibility index (Phi) is 6.77. The summed E-state index contributed by atoms with van der Waals surface area (Å²) in [5.41, 5.74) is 3.96. The predicted molar refractivity (Wildman–Crippen MR) is 130 cm³/mol. The van der Waals surface area contributed by atoms with Gasteiger partial charge in [-0.25, -0.2) is 9.97 Å². The predicted octanol–water partition coefficient (Wildman–Crippen LogP) is 6.43. The molecular weight excluding hydrogens is 470 g/mol. The fraction of sp³-hybridized carbons (Fsp3) is 0.280. The van der Waals surface area contributed by atoms with Gasteiger partial charge in [0.2, 0.25) is 5.88 Å². The Balaban J connectivity index is 1.89. The van der Waals surface area contributed by atoms with Crippen LogP contribution >= 0.6 is 15.9 Å². The number of methoxy groups -OCH3 is 2. The minimum Gasteiger partial charge on any atom is -0.494 e. The zero-order valence-electron chi connectivity index (χ0n) is 18.6. The Morgan fingerprint density at radius 3 is 2.44 bits per heavy atom. The lowest BCUT2D eigenvalue weighted by atomic mass is 10.0. The topological polar surface area (TPSA) is 58.4 Å². The fourth-order valence-electron chi connectivity index (χ4n) is 3.61. The number of aromatic nitrogens is 3. The molecule has 0 aliphatic rings. The maximum atomic E-state index is 6.03. The number of hydrogen-bond donors (Lipinski definition) is 0. The summed E-state index contributed by atoms with van der Waals surface area (Å²) in [6.45, 7) is 5.56. The number of pyridine rings is 1. The smallest absolute Gasteiger partial charge is 0.219 e. The third-order valence-electron chi connectivity index (χ3n) is 5.31. The van der Waals surface area contributed by atoms with Crippen LogP contribution in [0.3, 0.4) is 0 Å². The van der Waals surface area contributed by atoms with Gasteiger partial charge in [0, 0.05) is 37.5 Å². The molecule has 0 spiro atoms. The Hall–Kier alpha value is -2.90. The van der Waals surface area contributed by atoms with Crippen molar-refractivity contribution < 1.29 is 14.2 Å². The molecule has 2 aromatic carbocycles. The maximum Gasteiger partial charge on any atom is 0.219 e. The first-order valence-electron chi connectivity index (χ1n) is 10.5. The van der Waals surface area contributed by atoms with E-state index in [4.69, 9.17) is 19.2 Å². The monoisotopic (exact) mass is 495 g/mol. The lowest BCUT2D eigenvalue weighted by molar-refractivity contribution is 0.188. The summed E-state index contributed by atoms with van der Waals surface area (Å²) in [7, 11) is 3.35. The van der Waals surface area contributed by atoms with Gasteiger partial charge in [0.1, 0.15) is 28.4 Å². The Morgan fingerprint density at radius 2 is 1.81 bits per heavy atom. The van der Waals surface area contributed by atoms with Crippen molar-refractivity contribution in [2.75, 3.05) is 20.8 Å². The second-order valence-electron chi connectivity index (χ2n) is 7.71. The largest absolute Gasteiger partial charge is 0.494 e. The summed E-state index contributed by atoms with van der Waals surface area (Å²) in [5.74, 6) is 3.07. The third kappa shape index (κ3) is 4.36. The van der Waals surface area contributed by atoms with E-state index in [1.165, 1.54) is 5.56 Å². The molecule has 2 heterocycles. The van der Waals surface area contributed by atoms with E-state index in [2.05, 4.69) is 63.6 Å².